The van der Waals surface area contributed by atoms with Gasteiger partial charge in [-0.1, -0.05) is 56.3 Å². The Morgan fingerprint density at radius 1 is 1.27 bits per heavy atom. The largest absolute Gasteiger partial charge is 0.469 e. The van der Waals surface area contributed by atoms with Crippen molar-refractivity contribution in [3.63, 3.8) is 0 Å². The summed E-state index contributed by atoms with van der Waals surface area (Å²) in [5, 5.41) is 0. The highest BCUT2D eigenvalue weighted by atomic mass is 16.5. The topological polar surface area (TPSA) is 29.5 Å². The Bertz CT molecular complexity index is 511. The Balaban J connectivity index is 2.31. The van der Waals surface area contributed by atoms with Crippen LogP contribution in [0.3, 0.4) is 0 Å². The third-order valence-electron chi connectivity index (χ3n) is 4.76. The lowest BCUT2D eigenvalue weighted by atomic mass is 9.87. The van der Waals surface area contributed by atoms with Crippen molar-refractivity contribution in [2.24, 2.45) is 5.92 Å². The Hall–Kier alpha value is -1.61. The molecule has 1 aromatic rings. The van der Waals surface area contributed by atoms with Gasteiger partial charge in [0, 0.05) is 18.1 Å². The predicted molar refractivity (Wildman–Crippen MR) is 89.5 cm³/mol. The molecular weight excluding hydrogens is 274 g/mol. The number of ether oxygens (including phenoxy) is 1. The van der Waals surface area contributed by atoms with E-state index in [1.807, 2.05) is 6.07 Å². The van der Waals surface area contributed by atoms with E-state index in [0.29, 0.717) is 18.4 Å². The summed E-state index contributed by atoms with van der Waals surface area (Å²) >= 11 is 0. The first-order valence-corrected chi connectivity index (χ1v) is 8.16. The standard InChI is InChI=1S/C19H27NO2/c1-5-17-12-11-14(2)18(13-19(21)22-4)20(17)15(3)16-9-7-6-8-10-16/h6-12,14-15,17-18H,5,13H2,1-4H3/t14?,15-,17?,18-/m0/s1. The summed E-state index contributed by atoms with van der Waals surface area (Å²) in [5.74, 6) is 0.209. The number of carbonyl (C=O) groups is 1. The quantitative estimate of drug-likeness (QED) is 0.609. The van der Waals surface area contributed by atoms with E-state index in [-0.39, 0.29) is 18.1 Å². The number of benzene rings is 1. The highest BCUT2D eigenvalue weighted by Gasteiger charge is 2.36. The molecule has 3 heteroatoms. The molecule has 2 unspecified atom stereocenters. The molecule has 1 aliphatic rings. The SMILES string of the molecule is CCC1C=CC(C)[C@H](CC(=O)OC)N1[C@@H](C)c1ccccc1. The molecule has 120 valence electrons. The highest BCUT2D eigenvalue weighted by Crippen LogP contribution is 2.34. The Kier molecular flexibility index (Phi) is 5.78. The molecule has 0 aromatic heterocycles. The molecule has 1 aliphatic heterocycles. The number of carbonyl (C=O) groups excluding carboxylic acids is 1. The number of methoxy groups -OCH3 is 1. The minimum absolute atomic E-state index is 0.132. The number of nitrogens with zero attached hydrogens (tertiary/aromatic N) is 1. The van der Waals surface area contributed by atoms with Gasteiger partial charge in [0.2, 0.25) is 0 Å². The van der Waals surface area contributed by atoms with Crippen LogP contribution in [-0.4, -0.2) is 30.1 Å². The third kappa shape index (κ3) is 3.58. The van der Waals surface area contributed by atoms with Crippen LogP contribution in [0.2, 0.25) is 0 Å². The van der Waals surface area contributed by atoms with Crippen LogP contribution in [0.4, 0.5) is 0 Å². The summed E-state index contributed by atoms with van der Waals surface area (Å²) in [6.07, 6.45) is 6.02. The summed E-state index contributed by atoms with van der Waals surface area (Å²) in [5.41, 5.74) is 1.29. The zero-order chi connectivity index (χ0) is 16.1. The van der Waals surface area contributed by atoms with Gasteiger partial charge < -0.3 is 4.74 Å². The maximum Gasteiger partial charge on any atom is 0.307 e. The molecule has 22 heavy (non-hydrogen) atoms. The van der Waals surface area contributed by atoms with Crippen LogP contribution < -0.4 is 0 Å². The van der Waals surface area contributed by atoms with E-state index in [2.05, 4.69) is 62.1 Å². The predicted octanol–water partition coefficient (Wildman–Crippen LogP) is 3.97. The van der Waals surface area contributed by atoms with E-state index < -0.39 is 0 Å². The van der Waals surface area contributed by atoms with Crippen molar-refractivity contribution < 1.29 is 9.53 Å². The molecular formula is C19H27NO2. The molecule has 0 fully saturated rings. The monoisotopic (exact) mass is 301 g/mol. The van der Waals surface area contributed by atoms with Crippen molar-refractivity contribution in [1.29, 1.82) is 0 Å². The fourth-order valence-corrected chi connectivity index (χ4v) is 3.42. The van der Waals surface area contributed by atoms with E-state index in [1.54, 1.807) is 0 Å². The molecule has 0 bridgehead atoms. The molecule has 4 atom stereocenters. The average molecular weight is 301 g/mol. The first kappa shape index (κ1) is 16.8. The van der Waals surface area contributed by atoms with Gasteiger partial charge in [-0.15, -0.1) is 0 Å². The highest BCUT2D eigenvalue weighted by molar-refractivity contribution is 5.70. The second kappa shape index (κ2) is 7.59. The zero-order valence-electron chi connectivity index (χ0n) is 14.0. The van der Waals surface area contributed by atoms with Gasteiger partial charge in [0.15, 0.2) is 0 Å². The van der Waals surface area contributed by atoms with Gasteiger partial charge in [0.25, 0.3) is 0 Å². The van der Waals surface area contributed by atoms with Crippen molar-refractivity contribution in [3.05, 3.63) is 48.0 Å². The van der Waals surface area contributed by atoms with E-state index in [0.717, 1.165) is 6.42 Å². The van der Waals surface area contributed by atoms with Crippen LogP contribution in [0.1, 0.15) is 45.2 Å². The van der Waals surface area contributed by atoms with Crippen LogP contribution in [0.15, 0.2) is 42.5 Å². The normalized spacial score (nSPS) is 26.6. The maximum atomic E-state index is 11.9. The summed E-state index contributed by atoms with van der Waals surface area (Å²) in [7, 11) is 1.47. The fraction of sp³-hybridized carbons (Fsp3) is 0.526. The third-order valence-corrected chi connectivity index (χ3v) is 4.76. The first-order chi connectivity index (χ1) is 10.6. The second-order valence-corrected chi connectivity index (χ2v) is 6.10. The molecule has 1 aromatic carbocycles. The van der Waals surface area contributed by atoms with Crippen molar-refractivity contribution in [1.82, 2.24) is 4.90 Å². The van der Waals surface area contributed by atoms with Gasteiger partial charge in [0.1, 0.15) is 0 Å². The van der Waals surface area contributed by atoms with Gasteiger partial charge in [0.05, 0.1) is 13.5 Å². The number of hydrogen-bond donors (Lipinski definition) is 0. The zero-order valence-corrected chi connectivity index (χ0v) is 14.0. The number of hydrogen-bond acceptors (Lipinski definition) is 3. The molecule has 1 heterocycles. The smallest absolute Gasteiger partial charge is 0.307 e. The molecule has 0 aliphatic carbocycles. The van der Waals surface area contributed by atoms with Crippen molar-refractivity contribution in [2.75, 3.05) is 7.11 Å². The van der Waals surface area contributed by atoms with Crippen molar-refractivity contribution in [3.8, 4) is 0 Å². The first-order valence-electron chi connectivity index (χ1n) is 8.16. The van der Waals surface area contributed by atoms with Crippen LogP contribution in [0.25, 0.3) is 0 Å². The molecule has 3 nitrogen and oxygen atoms in total. The number of rotatable bonds is 5. The molecule has 0 spiro atoms. The minimum Gasteiger partial charge on any atom is -0.469 e. The van der Waals surface area contributed by atoms with Crippen LogP contribution in [0.5, 0.6) is 0 Å². The van der Waals surface area contributed by atoms with Gasteiger partial charge >= 0.3 is 5.97 Å². The molecule has 0 amide bonds. The molecule has 0 N–H and O–H groups in total. The fourth-order valence-electron chi connectivity index (χ4n) is 3.42. The Labute approximate surface area is 134 Å². The van der Waals surface area contributed by atoms with Gasteiger partial charge in [-0.3, -0.25) is 9.69 Å². The van der Waals surface area contributed by atoms with Crippen molar-refractivity contribution in [2.45, 2.75) is 51.7 Å². The van der Waals surface area contributed by atoms with E-state index in [4.69, 9.17) is 4.74 Å². The minimum atomic E-state index is -0.132. The van der Waals surface area contributed by atoms with E-state index >= 15 is 0 Å². The van der Waals surface area contributed by atoms with Crippen molar-refractivity contribution >= 4 is 5.97 Å². The van der Waals surface area contributed by atoms with Gasteiger partial charge in [-0.05, 0) is 24.8 Å². The van der Waals surface area contributed by atoms with E-state index in [9.17, 15) is 4.79 Å². The van der Waals surface area contributed by atoms with Gasteiger partial charge in [-0.25, -0.2) is 0 Å². The van der Waals surface area contributed by atoms with Crippen LogP contribution in [-0.2, 0) is 9.53 Å². The lowest BCUT2D eigenvalue weighted by Gasteiger charge is -2.45. The average Bonchev–Trinajstić information content (AvgIpc) is 2.56. The summed E-state index contributed by atoms with van der Waals surface area (Å²) in [4.78, 5) is 14.3. The molecule has 0 radical (unpaired) electrons. The van der Waals surface area contributed by atoms with Crippen LogP contribution >= 0.6 is 0 Å². The Morgan fingerprint density at radius 3 is 2.55 bits per heavy atom. The molecule has 0 saturated heterocycles. The molecule has 2 rings (SSSR count). The lowest BCUT2D eigenvalue weighted by molar-refractivity contribution is -0.143. The second-order valence-electron chi connectivity index (χ2n) is 6.10. The summed E-state index contributed by atoms with van der Waals surface area (Å²) in [6, 6.07) is 11.3. The number of esters is 1. The van der Waals surface area contributed by atoms with Gasteiger partial charge in [-0.2, -0.15) is 0 Å². The van der Waals surface area contributed by atoms with E-state index in [1.165, 1.54) is 12.7 Å². The summed E-state index contributed by atoms with van der Waals surface area (Å²) < 4.78 is 4.91. The lowest BCUT2D eigenvalue weighted by Crippen LogP contribution is -2.49. The van der Waals surface area contributed by atoms with Crippen LogP contribution in [0, 0.1) is 5.92 Å². The summed E-state index contributed by atoms with van der Waals surface area (Å²) in [6.45, 7) is 6.61. The maximum absolute atomic E-state index is 11.9. The Morgan fingerprint density at radius 2 is 1.95 bits per heavy atom. The molecule has 0 saturated carbocycles.